The number of hydrogen-bond acceptors (Lipinski definition) is 6. The molecule has 0 aliphatic rings. The zero-order chi connectivity index (χ0) is 13.1. The molecule has 4 nitrogen and oxygen atoms in total. The molecule has 2 rings (SSSR count). The second-order valence-electron chi connectivity index (χ2n) is 3.85. The maximum Gasteiger partial charge on any atom is 0.179 e. The minimum atomic E-state index is -0.0855. The van der Waals surface area contributed by atoms with Crippen LogP contribution in [0.25, 0.3) is 0 Å². The fourth-order valence-electron chi connectivity index (χ4n) is 1.65. The maximum atomic E-state index is 6.02. The number of hydrogen-bond donors (Lipinski definition) is 1. The van der Waals surface area contributed by atoms with Gasteiger partial charge in [-0.3, -0.25) is 0 Å². The smallest absolute Gasteiger partial charge is 0.179 e. The Hall–Kier alpha value is -1.11. The fraction of sp³-hybridized carbons (Fsp3) is 0.333. The Morgan fingerprint density at radius 3 is 2.72 bits per heavy atom. The molecule has 0 bridgehead atoms. The molecule has 0 saturated heterocycles. The minimum Gasteiger partial charge on any atom is -0.496 e. The molecule has 96 valence electrons. The highest BCUT2D eigenvalue weighted by molar-refractivity contribution is 8.01. The highest BCUT2D eigenvalue weighted by Gasteiger charge is 2.15. The average Bonchev–Trinajstić information content (AvgIpc) is 2.74. The van der Waals surface area contributed by atoms with Crippen molar-refractivity contribution in [3.05, 3.63) is 28.8 Å². The number of ether oxygens (including phenoxy) is 1. The first-order valence-corrected chi connectivity index (χ1v) is 7.15. The summed E-state index contributed by atoms with van der Waals surface area (Å²) in [5.41, 5.74) is 7.04. The standard InChI is InChI=1S/C12H15N3OS2/c1-7(13)11-9(16-3)5-4-6-10(11)18-12-15-14-8(2)17-12/h4-7H,13H2,1-3H3/t7-/m1/s1. The lowest BCUT2D eigenvalue weighted by molar-refractivity contribution is 0.405. The van der Waals surface area contributed by atoms with E-state index in [4.69, 9.17) is 10.5 Å². The van der Waals surface area contributed by atoms with Gasteiger partial charge in [0.05, 0.1) is 7.11 Å². The van der Waals surface area contributed by atoms with E-state index in [0.29, 0.717) is 0 Å². The van der Waals surface area contributed by atoms with Crippen molar-refractivity contribution in [1.29, 1.82) is 0 Å². The second-order valence-corrected chi connectivity index (χ2v) is 6.32. The van der Waals surface area contributed by atoms with Gasteiger partial charge in [-0.2, -0.15) is 0 Å². The van der Waals surface area contributed by atoms with Crippen LogP contribution >= 0.6 is 23.1 Å². The van der Waals surface area contributed by atoms with E-state index < -0.39 is 0 Å². The molecule has 1 heterocycles. The van der Waals surface area contributed by atoms with Crippen molar-refractivity contribution >= 4 is 23.1 Å². The second kappa shape index (κ2) is 5.69. The summed E-state index contributed by atoms with van der Waals surface area (Å²) >= 11 is 3.15. The van der Waals surface area contributed by atoms with Crippen LogP contribution in [0.3, 0.4) is 0 Å². The Morgan fingerprint density at radius 2 is 2.17 bits per heavy atom. The van der Waals surface area contributed by atoms with E-state index in [9.17, 15) is 0 Å². The zero-order valence-electron chi connectivity index (χ0n) is 10.5. The van der Waals surface area contributed by atoms with Crippen molar-refractivity contribution < 1.29 is 4.74 Å². The summed E-state index contributed by atoms with van der Waals surface area (Å²) in [7, 11) is 1.66. The van der Waals surface area contributed by atoms with E-state index in [1.807, 2.05) is 32.0 Å². The molecule has 18 heavy (non-hydrogen) atoms. The summed E-state index contributed by atoms with van der Waals surface area (Å²) in [6, 6.07) is 5.83. The molecule has 0 fully saturated rings. The molecule has 1 aromatic carbocycles. The van der Waals surface area contributed by atoms with Crippen molar-refractivity contribution in [1.82, 2.24) is 10.2 Å². The quantitative estimate of drug-likeness (QED) is 0.933. The third-order valence-electron chi connectivity index (χ3n) is 2.41. The first kappa shape index (κ1) is 13.3. The van der Waals surface area contributed by atoms with Gasteiger partial charge in [-0.1, -0.05) is 29.2 Å². The number of nitrogens with zero attached hydrogens (tertiary/aromatic N) is 2. The highest BCUT2D eigenvalue weighted by Crippen LogP contribution is 2.38. The van der Waals surface area contributed by atoms with Gasteiger partial charge in [0.25, 0.3) is 0 Å². The van der Waals surface area contributed by atoms with Crippen LogP contribution in [0.4, 0.5) is 0 Å². The van der Waals surface area contributed by atoms with Crippen LogP contribution in [0.1, 0.15) is 23.5 Å². The monoisotopic (exact) mass is 281 g/mol. The number of benzene rings is 1. The zero-order valence-corrected chi connectivity index (χ0v) is 12.1. The van der Waals surface area contributed by atoms with E-state index in [1.165, 1.54) is 0 Å². The van der Waals surface area contributed by atoms with E-state index in [-0.39, 0.29) is 6.04 Å². The normalized spacial score (nSPS) is 12.4. The van der Waals surface area contributed by atoms with Gasteiger partial charge in [-0.25, -0.2) is 0 Å². The molecule has 0 amide bonds. The van der Waals surface area contributed by atoms with Crippen molar-refractivity contribution in [2.24, 2.45) is 5.73 Å². The number of nitrogens with two attached hydrogens (primary N) is 1. The van der Waals surface area contributed by atoms with Crippen LogP contribution in [0.2, 0.25) is 0 Å². The van der Waals surface area contributed by atoms with Gasteiger partial charge in [0.2, 0.25) is 0 Å². The predicted molar refractivity (Wildman–Crippen MR) is 74.4 cm³/mol. The molecule has 1 atom stereocenters. The first-order chi connectivity index (χ1) is 8.61. The maximum absolute atomic E-state index is 6.02. The SMILES string of the molecule is COc1cccc(Sc2nnc(C)s2)c1[C@@H](C)N. The van der Waals surface area contributed by atoms with Crippen molar-refractivity contribution in [2.45, 2.75) is 29.1 Å². The summed E-state index contributed by atoms with van der Waals surface area (Å²) in [6.07, 6.45) is 0. The summed E-state index contributed by atoms with van der Waals surface area (Å²) < 4.78 is 6.28. The third-order valence-corrected chi connectivity index (χ3v) is 4.37. The van der Waals surface area contributed by atoms with E-state index in [0.717, 1.165) is 25.6 Å². The van der Waals surface area contributed by atoms with Crippen LogP contribution in [-0.4, -0.2) is 17.3 Å². The number of aromatic nitrogens is 2. The van der Waals surface area contributed by atoms with Crippen LogP contribution in [0, 0.1) is 6.92 Å². The molecule has 2 aromatic rings. The van der Waals surface area contributed by atoms with Gasteiger partial charge in [-0.15, -0.1) is 10.2 Å². The Balaban J connectivity index is 2.37. The Bertz CT molecular complexity index is 540. The van der Waals surface area contributed by atoms with Crippen molar-refractivity contribution in [2.75, 3.05) is 7.11 Å². The number of methoxy groups -OCH3 is 1. The van der Waals surface area contributed by atoms with Crippen LogP contribution in [0.5, 0.6) is 5.75 Å². The molecular weight excluding hydrogens is 266 g/mol. The van der Waals surface area contributed by atoms with Gasteiger partial charge in [0, 0.05) is 16.5 Å². The van der Waals surface area contributed by atoms with Crippen LogP contribution in [0.15, 0.2) is 27.4 Å². The molecule has 0 saturated carbocycles. The van der Waals surface area contributed by atoms with Gasteiger partial charge in [-0.05, 0) is 26.0 Å². The Morgan fingerprint density at radius 1 is 1.39 bits per heavy atom. The molecular formula is C12H15N3OS2. The summed E-state index contributed by atoms with van der Waals surface area (Å²) in [5.74, 6) is 0.816. The number of aryl methyl sites for hydroxylation is 1. The minimum absolute atomic E-state index is 0.0855. The first-order valence-electron chi connectivity index (χ1n) is 5.52. The highest BCUT2D eigenvalue weighted by atomic mass is 32.2. The molecule has 1 aromatic heterocycles. The molecule has 0 aliphatic carbocycles. The fourth-order valence-corrected chi connectivity index (χ4v) is 3.68. The predicted octanol–water partition coefficient (Wildman–Crippen LogP) is 3.03. The molecule has 6 heteroatoms. The average molecular weight is 281 g/mol. The Kier molecular flexibility index (Phi) is 4.21. The molecule has 0 spiro atoms. The van der Waals surface area contributed by atoms with Gasteiger partial charge >= 0.3 is 0 Å². The van der Waals surface area contributed by atoms with Crippen LogP contribution in [-0.2, 0) is 0 Å². The van der Waals surface area contributed by atoms with Gasteiger partial charge < -0.3 is 10.5 Å². The lowest BCUT2D eigenvalue weighted by atomic mass is 10.1. The topological polar surface area (TPSA) is 61.0 Å². The third kappa shape index (κ3) is 2.82. The lowest BCUT2D eigenvalue weighted by Gasteiger charge is -2.15. The Labute approximate surface area is 115 Å². The molecule has 2 N–H and O–H groups in total. The van der Waals surface area contributed by atoms with Gasteiger partial charge in [0.1, 0.15) is 10.8 Å². The molecule has 0 radical (unpaired) electrons. The van der Waals surface area contributed by atoms with Crippen molar-refractivity contribution in [3.63, 3.8) is 0 Å². The number of rotatable bonds is 4. The van der Waals surface area contributed by atoms with E-state index in [2.05, 4.69) is 10.2 Å². The summed E-state index contributed by atoms with van der Waals surface area (Å²) in [6.45, 7) is 3.90. The van der Waals surface area contributed by atoms with Gasteiger partial charge in [0.15, 0.2) is 4.34 Å². The molecule has 0 aliphatic heterocycles. The summed E-state index contributed by atoms with van der Waals surface area (Å²) in [4.78, 5) is 1.07. The summed E-state index contributed by atoms with van der Waals surface area (Å²) in [5, 5.41) is 9.09. The largest absolute Gasteiger partial charge is 0.496 e. The van der Waals surface area contributed by atoms with Crippen molar-refractivity contribution in [3.8, 4) is 5.75 Å². The van der Waals surface area contributed by atoms with Crippen LogP contribution < -0.4 is 10.5 Å². The van der Waals surface area contributed by atoms with E-state index >= 15 is 0 Å². The molecule has 0 unspecified atom stereocenters. The lowest BCUT2D eigenvalue weighted by Crippen LogP contribution is -2.08. The van der Waals surface area contributed by atoms with E-state index in [1.54, 1.807) is 30.2 Å².